The lowest BCUT2D eigenvalue weighted by Gasteiger charge is -2.27. The van der Waals surface area contributed by atoms with Crippen molar-refractivity contribution in [2.75, 3.05) is 17.2 Å². The minimum atomic E-state index is -0.174. The van der Waals surface area contributed by atoms with Crippen LogP contribution in [-0.4, -0.2) is 43.7 Å². The smallest absolute Gasteiger partial charge is 0.224 e. The Morgan fingerprint density at radius 1 is 1.12 bits per heavy atom. The van der Waals surface area contributed by atoms with E-state index in [9.17, 15) is 5.11 Å². The lowest BCUT2D eigenvalue weighted by atomic mass is 9.93. The molecular formula is C18H26N6O. The Labute approximate surface area is 148 Å². The zero-order chi connectivity index (χ0) is 17.5. The number of nitrogens with one attached hydrogen (secondary N) is 2. The quantitative estimate of drug-likeness (QED) is 0.666. The van der Waals surface area contributed by atoms with Crippen LogP contribution in [0.3, 0.4) is 0 Å². The van der Waals surface area contributed by atoms with Gasteiger partial charge in [0, 0.05) is 31.2 Å². The van der Waals surface area contributed by atoms with Crippen molar-refractivity contribution in [2.45, 2.75) is 57.6 Å². The van der Waals surface area contributed by atoms with Gasteiger partial charge in [-0.1, -0.05) is 13.3 Å². The standard InChI is InChI=1S/C18H26N6O/c1-2-3-9-21-18-22-12-15(16-19-10-4-11-20-16)17(24-18)23-13-5-7-14(25)8-6-13/h4,10-14,25H,2-3,5-9H2,1H3,(H2,21,22,23,24)/t13-,14-. The molecule has 134 valence electrons. The molecule has 2 aromatic rings. The van der Waals surface area contributed by atoms with Gasteiger partial charge in [0.1, 0.15) is 5.82 Å². The third-order valence-electron chi connectivity index (χ3n) is 4.45. The van der Waals surface area contributed by atoms with Crippen LogP contribution in [0.25, 0.3) is 11.4 Å². The predicted molar refractivity (Wildman–Crippen MR) is 98.3 cm³/mol. The van der Waals surface area contributed by atoms with Crippen LogP contribution in [0.2, 0.25) is 0 Å². The molecule has 2 heterocycles. The predicted octanol–water partition coefficient (Wildman–Crippen LogP) is 2.86. The van der Waals surface area contributed by atoms with Crippen molar-refractivity contribution < 1.29 is 5.11 Å². The zero-order valence-electron chi connectivity index (χ0n) is 14.6. The summed E-state index contributed by atoms with van der Waals surface area (Å²) in [5.41, 5.74) is 0.799. The fourth-order valence-electron chi connectivity index (χ4n) is 2.97. The molecule has 0 saturated heterocycles. The Balaban J connectivity index is 1.81. The fourth-order valence-corrected chi connectivity index (χ4v) is 2.97. The van der Waals surface area contributed by atoms with Crippen molar-refractivity contribution in [3.8, 4) is 11.4 Å². The summed E-state index contributed by atoms with van der Waals surface area (Å²) in [6.45, 7) is 3.01. The molecule has 0 aromatic carbocycles. The van der Waals surface area contributed by atoms with Crippen molar-refractivity contribution in [1.29, 1.82) is 0 Å². The van der Waals surface area contributed by atoms with Crippen molar-refractivity contribution in [3.05, 3.63) is 24.7 Å². The van der Waals surface area contributed by atoms with Gasteiger partial charge in [0.25, 0.3) is 0 Å². The first-order valence-electron chi connectivity index (χ1n) is 9.09. The molecule has 1 aliphatic rings. The molecular weight excluding hydrogens is 316 g/mol. The fraction of sp³-hybridized carbons (Fsp3) is 0.556. The maximum atomic E-state index is 9.71. The highest BCUT2D eigenvalue weighted by Gasteiger charge is 2.21. The zero-order valence-corrected chi connectivity index (χ0v) is 14.6. The summed E-state index contributed by atoms with van der Waals surface area (Å²) in [5, 5.41) is 16.5. The van der Waals surface area contributed by atoms with E-state index >= 15 is 0 Å². The molecule has 3 rings (SSSR count). The van der Waals surface area contributed by atoms with Crippen molar-refractivity contribution in [1.82, 2.24) is 19.9 Å². The Bertz CT molecular complexity index is 658. The van der Waals surface area contributed by atoms with Crippen LogP contribution in [-0.2, 0) is 0 Å². The third kappa shape index (κ3) is 4.85. The number of unbranched alkanes of at least 4 members (excludes halogenated alkanes) is 1. The van der Waals surface area contributed by atoms with Gasteiger partial charge in [0.15, 0.2) is 5.82 Å². The van der Waals surface area contributed by atoms with Crippen molar-refractivity contribution in [2.24, 2.45) is 0 Å². The van der Waals surface area contributed by atoms with Gasteiger partial charge in [-0.25, -0.2) is 15.0 Å². The Hall–Kier alpha value is -2.28. The highest BCUT2D eigenvalue weighted by atomic mass is 16.3. The van der Waals surface area contributed by atoms with Crippen molar-refractivity contribution >= 4 is 11.8 Å². The average Bonchev–Trinajstić information content (AvgIpc) is 2.65. The molecule has 3 N–H and O–H groups in total. The lowest BCUT2D eigenvalue weighted by Crippen LogP contribution is -2.29. The monoisotopic (exact) mass is 342 g/mol. The maximum absolute atomic E-state index is 9.71. The second-order valence-electron chi connectivity index (χ2n) is 6.46. The van der Waals surface area contributed by atoms with Gasteiger partial charge in [0.2, 0.25) is 5.95 Å². The van der Waals surface area contributed by atoms with E-state index in [1.165, 1.54) is 0 Å². The minimum absolute atomic E-state index is 0.174. The van der Waals surface area contributed by atoms with E-state index in [1.54, 1.807) is 24.7 Å². The summed E-state index contributed by atoms with van der Waals surface area (Å²) in [4.78, 5) is 17.7. The average molecular weight is 342 g/mol. The maximum Gasteiger partial charge on any atom is 0.224 e. The highest BCUT2D eigenvalue weighted by Crippen LogP contribution is 2.27. The van der Waals surface area contributed by atoms with Gasteiger partial charge in [-0.3, -0.25) is 0 Å². The van der Waals surface area contributed by atoms with Gasteiger partial charge in [-0.2, -0.15) is 4.98 Å². The number of hydrogen-bond donors (Lipinski definition) is 3. The first kappa shape index (κ1) is 17.5. The molecule has 0 bridgehead atoms. The number of aromatic nitrogens is 4. The molecule has 0 unspecified atom stereocenters. The molecule has 1 saturated carbocycles. The summed E-state index contributed by atoms with van der Waals surface area (Å²) in [7, 11) is 0. The summed E-state index contributed by atoms with van der Waals surface area (Å²) in [5.74, 6) is 1.98. The molecule has 0 aliphatic heterocycles. The first-order chi connectivity index (χ1) is 12.3. The highest BCUT2D eigenvalue weighted by molar-refractivity contribution is 5.70. The van der Waals surface area contributed by atoms with E-state index in [4.69, 9.17) is 0 Å². The molecule has 1 fully saturated rings. The Kier molecular flexibility index (Phi) is 6.11. The van der Waals surface area contributed by atoms with Crippen LogP contribution in [0.5, 0.6) is 0 Å². The molecule has 0 spiro atoms. The molecule has 0 atom stereocenters. The molecule has 25 heavy (non-hydrogen) atoms. The molecule has 0 radical (unpaired) electrons. The van der Waals surface area contributed by atoms with Gasteiger partial charge in [0.05, 0.1) is 11.7 Å². The van der Waals surface area contributed by atoms with E-state index in [-0.39, 0.29) is 6.10 Å². The molecule has 2 aromatic heterocycles. The van der Waals surface area contributed by atoms with Crippen LogP contribution < -0.4 is 10.6 Å². The number of aliphatic hydroxyl groups is 1. The van der Waals surface area contributed by atoms with Gasteiger partial charge < -0.3 is 15.7 Å². The largest absolute Gasteiger partial charge is 0.393 e. The molecule has 0 amide bonds. The molecule has 7 heteroatoms. The minimum Gasteiger partial charge on any atom is -0.393 e. The SMILES string of the molecule is CCCCNc1ncc(-c2ncccn2)c(N[C@H]2CC[C@H](O)CC2)n1. The first-order valence-corrected chi connectivity index (χ1v) is 9.09. The third-order valence-corrected chi connectivity index (χ3v) is 4.45. The van der Waals surface area contributed by atoms with Gasteiger partial charge in [-0.05, 0) is 38.2 Å². The second-order valence-corrected chi connectivity index (χ2v) is 6.46. The number of hydrogen-bond acceptors (Lipinski definition) is 7. The van der Waals surface area contributed by atoms with Crippen molar-refractivity contribution in [3.63, 3.8) is 0 Å². The normalized spacial score (nSPS) is 20.2. The summed E-state index contributed by atoms with van der Waals surface area (Å²) >= 11 is 0. The van der Waals surface area contributed by atoms with Crippen LogP contribution in [0.1, 0.15) is 45.4 Å². The lowest BCUT2D eigenvalue weighted by molar-refractivity contribution is 0.126. The topological polar surface area (TPSA) is 95.9 Å². The second kappa shape index (κ2) is 8.71. The molecule has 7 nitrogen and oxygen atoms in total. The van der Waals surface area contributed by atoms with Gasteiger partial charge in [-0.15, -0.1) is 0 Å². The Morgan fingerprint density at radius 3 is 2.60 bits per heavy atom. The number of rotatable bonds is 7. The summed E-state index contributed by atoms with van der Waals surface area (Å²) in [6.07, 6.45) is 10.7. The van der Waals surface area contributed by atoms with Crippen LogP contribution in [0, 0.1) is 0 Å². The van der Waals surface area contributed by atoms with Gasteiger partial charge >= 0.3 is 0 Å². The molecule has 1 aliphatic carbocycles. The number of anilines is 2. The van der Waals surface area contributed by atoms with E-state index in [1.807, 2.05) is 0 Å². The van der Waals surface area contributed by atoms with E-state index in [2.05, 4.69) is 37.5 Å². The summed E-state index contributed by atoms with van der Waals surface area (Å²) in [6, 6.07) is 2.09. The van der Waals surface area contributed by atoms with Crippen LogP contribution >= 0.6 is 0 Å². The van der Waals surface area contributed by atoms with E-state index in [0.29, 0.717) is 17.8 Å². The van der Waals surface area contributed by atoms with Crippen LogP contribution in [0.4, 0.5) is 11.8 Å². The summed E-state index contributed by atoms with van der Waals surface area (Å²) < 4.78 is 0. The Morgan fingerprint density at radius 2 is 1.88 bits per heavy atom. The number of aliphatic hydroxyl groups excluding tert-OH is 1. The van der Waals surface area contributed by atoms with E-state index < -0.39 is 0 Å². The van der Waals surface area contributed by atoms with E-state index in [0.717, 1.165) is 56.5 Å². The van der Waals surface area contributed by atoms with Crippen LogP contribution in [0.15, 0.2) is 24.7 Å². The number of nitrogens with zero attached hydrogens (tertiary/aromatic N) is 4.